The molecule has 0 radical (unpaired) electrons. The Balaban J connectivity index is 2.48. The summed E-state index contributed by atoms with van der Waals surface area (Å²) in [5, 5.41) is 27.3. The lowest BCUT2D eigenvalue weighted by Crippen LogP contribution is -2.40. The van der Waals surface area contributed by atoms with Crippen LogP contribution in [0.4, 0.5) is 0 Å². The Labute approximate surface area is 119 Å². The highest BCUT2D eigenvalue weighted by atomic mass is 16.5. The number of rotatable bonds is 3. The predicted molar refractivity (Wildman–Crippen MR) is 72.2 cm³/mol. The molecule has 1 aromatic heterocycles. The molecule has 0 aromatic carbocycles. The Morgan fingerprint density at radius 2 is 2.29 bits per heavy atom. The van der Waals surface area contributed by atoms with Crippen LogP contribution in [0, 0.1) is 11.3 Å². The fourth-order valence-electron chi connectivity index (χ4n) is 2.21. The molecule has 0 saturated carbocycles. The number of nitrogens with zero attached hydrogens (tertiary/aromatic N) is 3. The van der Waals surface area contributed by atoms with Crippen molar-refractivity contribution in [3.8, 4) is 6.07 Å². The third-order valence-corrected chi connectivity index (χ3v) is 3.37. The minimum absolute atomic E-state index is 0.130. The van der Waals surface area contributed by atoms with Gasteiger partial charge in [0.2, 0.25) is 0 Å². The van der Waals surface area contributed by atoms with E-state index in [1.165, 1.54) is 23.9 Å². The van der Waals surface area contributed by atoms with E-state index in [9.17, 15) is 14.7 Å². The van der Waals surface area contributed by atoms with E-state index in [2.05, 4.69) is 0 Å². The van der Waals surface area contributed by atoms with Crippen LogP contribution in [0.3, 0.4) is 0 Å². The van der Waals surface area contributed by atoms with E-state index in [1.54, 1.807) is 6.07 Å². The van der Waals surface area contributed by atoms with Crippen LogP contribution in [0.2, 0.25) is 0 Å². The largest absolute Gasteiger partial charge is 0.394 e. The summed E-state index contributed by atoms with van der Waals surface area (Å²) in [7, 11) is 1.32. The second-order valence-corrected chi connectivity index (χ2v) is 4.72. The van der Waals surface area contributed by atoms with Crippen LogP contribution in [0.25, 0.3) is 6.08 Å². The number of ether oxygens (including phenoxy) is 1. The number of hydrogen-bond donors (Lipinski definition) is 2. The molecule has 2 N–H and O–H groups in total. The first-order chi connectivity index (χ1) is 9.99. The van der Waals surface area contributed by atoms with Crippen molar-refractivity contribution >= 4 is 6.08 Å². The van der Waals surface area contributed by atoms with E-state index in [1.807, 2.05) is 0 Å². The average Bonchev–Trinajstić information content (AvgIpc) is 2.85. The maximum Gasteiger partial charge on any atom is 0.332 e. The van der Waals surface area contributed by atoms with Crippen LogP contribution < -0.4 is 11.2 Å². The van der Waals surface area contributed by atoms with E-state index >= 15 is 0 Å². The van der Waals surface area contributed by atoms with E-state index in [4.69, 9.17) is 15.1 Å². The minimum Gasteiger partial charge on any atom is -0.394 e. The number of hydrogen-bond acceptors (Lipinski definition) is 6. The summed E-state index contributed by atoms with van der Waals surface area (Å²) in [4.78, 5) is 24.0. The Hall–Kier alpha value is -2.21. The van der Waals surface area contributed by atoms with Crippen LogP contribution >= 0.6 is 0 Å². The molecule has 8 nitrogen and oxygen atoms in total. The monoisotopic (exact) mass is 293 g/mol. The topological polar surface area (TPSA) is 117 Å². The summed E-state index contributed by atoms with van der Waals surface area (Å²) in [6, 6.07) is 1.77. The maximum atomic E-state index is 12.1. The Kier molecular flexibility index (Phi) is 4.37. The van der Waals surface area contributed by atoms with E-state index < -0.39 is 29.7 Å². The quantitative estimate of drug-likeness (QED) is 0.671. The molecular formula is C13H15N3O5. The predicted octanol–water partition coefficient (Wildman–Crippen LogP) is -1.28. The van der Waals surface area contributed by atoms with Gasteiger partial charge in [0.15, 0.2) is 0 Å². The number of allylic oxidation sites excluding steroid dienone is 1. The van der Waals surface area contributed by atoms with Gasteiger partial charge in [0, 0.05) is 25.7 Å². The molecule has 1 aromatic rings. The van der Waals surface area contributed by atoms with Crippen molar-refractivity contribution < 1.29 is 14.9 Å². The van der Waals surface area contributed by atoms with Crippen molar-refractivity contribution in [2.75, 3.05) is 6.61 Å². The Morgan fingerprint density at radius 1 is 1.57 bits per heavy atom. The van der Waals surface area contributed by atoms with E-state index in [0.29, 0.717) is 0 Å². The molecule has 1 fully saturated rings. The summed E-state index contributed by atoms with van der Waals surface area (Å²) in [5.74, 6) is 0. The molecule has 1 aliphatic rings. The fraction of sp³-hybridized carbons (Fsp3) is 0.462. The molecule has 2 heterocycles. The molecule has 1 saturated heterocycles. The highest BCUT2D eigenvalue weighted by molar-refractivity contribution is 5.49. The lowest BCUT2D eigenvalue weighted by molar-refractivity contribution is -0.0462. The van der Waals surface area contributed by atoms with Crippen LogP contribution in [0.15, 0.2) is 21.9 Å². The summed E-state index contributed by atoms with van der Waals surface area (Å²) in [6.45, 7) is -0.362. The summed E-state index contributed by atoms with van der Waals surface area (Å²) in [5.41, 5.74) is -0.964. The molecule has 0 amide bonds. The first-order valence-corrected chi connectivity index (χ1v) is 6.32. The third kappa shape index (κ3) is 2.80. The zero-order chi connectivity index (χ0) is 15.6. The number of nitriles is 1. The first kappa shape index (κ1) is 15.2. The molecular weight excluding hydrogens is 278 g/mol. The zero-order valence-electron chi connectivity index (χ0n) is 11.3. The fourth-order valence-corrected chi connectivity index (χ4v) is 2.21. The van der Waals surface area contributed by atoms with Gasteiger partial charge < -0.3 is 14.9 Å². The van der Waals surface area contributed by atoms with Crippen LogP contribution in [-0.4, -0.2) is 38.2 Å². The summed E-state index contributed by atoms with van der Waals surface area (Å²) < 4.78 is 7.48. The van der Waals surface area contributed by atoms with Gasteiger partial charge in [0.05, 0.1) is 24.3 Å². The molecule has 1 aliphatic heterocycles. The molecule has 3 atom stereocenters. The molecule has 8 heteroatoms. The van der Waals surface area contributed by atoms with Gasteiger partial charge in [0.1, 0.15) is 12.3 Å². The normalized spacial score (nSPS) is 25.3. The summed E-state index contributed by atoms with van der Waals surface area (Å²) in [6.07, 6.45) is 1.42. The third-order valence-electron chi connectivity index (χ3n) is 3.37. The highest BCUT2D eigenvalue weighted by Gasteiger charge is 2.35. The number of aliphatic hydroxyl groups is 2. The number of aromatic nitrogens is 2. The Morgan fingerprint density at radius 3 is 2.86 bits per heavy atom. The van der Waals surface area contributed by atoms with Gasteiger partial charge in [-0.05, 0) is 6.08 Å². The van der Waals surface area contributed by atoms with Gasteiger partial charge in [-0.2, -0.15) is 5.26 Å². The second kappa shape index (κ2) is 6.05. The van der Waals surface area contributed by atoms with Gasteiger partial charge in [-0.1, -0.05) is 0 Å². The van der Waals surface area contributed by atoms with Crippen LogP contribution in [-0.2, 0) is 11.8 Å². The maximum absolute atomic E-state index is 12.1. The SMILES string of the molecule is Cn1c(=O)c(/C=C/C#N)cn([C@H]2C[C@H](O)[C@@H](CO)O2)c1=O. The summed E-state index contributed by atoms with van der Waals surface area (Å²) >= 11 is 0. The van der Waals surface area contributed by atoms with Crippen LogP contribution in [0.1, 0.15) is 18.2 Å². The van der Waals surface area contributed by atoms with Gasteiger partial charge >= 0.3 is 5.69 Å². The Bertz CT molecular complexity index is 712. The first-order valence-electron chi connectivity index (χ1n) is 6.32. The van der Waals surface area contributed by atoms with Crippen molar-refractivity contribution in [3.05, 3.63) is 38.7 Å². The number of aliphatic hydroxyl groups excluding tert-OH is 2. The van der Waals surface area contributed by atoms with Crippen molar-refractivity contribution in [1.29, 1.82) is 5.26 Å². The molecule has 21 heavy (non-hydrogen) atoms. The van der Waals surface area contributed by atoms with E-state index in [0.717, 1.165) is 10.6 Å². The molecule has 112 valence electrons. The van der Waals surface area contributed by atoms with Crippen molar-refractivity contribution in [1.82, 2.24) is 9.13 Å². The lowest BCUT2D eigenvalue weighted by atomic mass is 10.2. The molecule has 2 rings (SSSR count). The van der Waals surface area contributed by atoms with E-state index in [-0.39, 0.29) is 18.6 Å². The molecule has 0 bridgehead atoms. The van der Waals surface area contributed by atoms with Crippen molar-refractivity contribution in [3.63, 3.8) is 0 Å². The van der Waals surface area contributed by atoms with Crippen LogP contribution in [0.5, 0.6) is 0 Å². The minimum atomic E-state index is -0.887. The smallest absolute Gasteiger partial charge is 0.332 e. The van der Waals surface area contributed by atoms with Crippen molar-refractivity contribution in [2.24, 2.45) is 7.05 Å². The van der Waals surface area contributed by atoms with Crippen molar-refractivity contribution in [2.45, 2.75) is 24.9 Å². The van der Waals surface area contributed by atoms with Gasteiger partial charge in [-0.15, -0.1) is 0 Å². The zero-order valence-corrected chi connectivity index (χ0v) is 11.3. The average molecular weight is 293 g/mol. The molecule has 0 aliphatic carbocycles. The molecule has 0 unspecified atom stereocenters. The van der Waals surface area contributed by atoms with Gasteiger partial charge in [0.25, 0.3) is 5.56 Å². The van der Waals surface area contributed by atoms with Gasteiger partial charge in [-0.3, -0.25) is 13.9 Å². The second-order valence-electron chi connectivity index (χ2n) is 4.72. The lowest BCUT2D eigenvalue weighted by Gasteiger charge is -2.16. The molecule has 0 spiro atoms. The highest BCUT2D eigenvalue weighted by Crippen LogP contribution is 2.27. The standard InChI is InChI=1S/C13H15N3O5/c1-15-12(19)8(3-2-4-14)6-16(13(15)20)11-5-9(18)10(7-17)21-11/h2-3,6,9-11,17-18H,5,7H2,1H3/b3-2+/t9-,10+,11+/m0/s1. The van der Waals surface area contributed by atoms with Gasteiger partial charge in [-0.25, -0.2) is 4.79 Å².